The van der Waals surface area contributed by atoms with Gasteiger partial charge in [0.1, 0.15) is 5.75 Å². The van der Waals surface area contributed by atoms with Gasteiger partial charge in [0.25, 0.3) is 5.91 Å². The lowest BCUT2D eigenvalue weighted by atomic mass is 10.1. The molecule has 0 bridgehead atoms. The van der Waals surface area contributed by atoms with Gasteiger partial charge in [-0.15, -0.1) is 17.5 Å². The number of hydrogen-bond donors (Lipinski definition) is 2. The van der Waals surface area contributed by atoms with Crippen LogP contribution in [0.25, 0.3) is 0 Å². The molecule has 1 atom stereocenters. The molecule has 1 aliphatic heterocycles. The first-order valence-corrected chi connectivity index (χ1v) is 10.1. The summed E-state index contributed by atoms with van der Waals surface area (Å²) in [6, 6.07) is 8.04. The summed E-state index contributed by atoms with van der Waals surface area (Å²) in [6.07, 6.45) is 2.01. The third-order valence-electron chi connectivity index (χ3n) is 5.11. The first kappa shape index (κ1) is 23.2. The number of rotatable bonds is 7. The van der Waals surface area contributed by atoms with Gasteiger partial charge in [-0.25, -0.2) is 4.68 Å². The lowest BCUT2D eigenvalue weighted by Gasteiger charge is -2.23. The highest BCUT2D eigenvalue weighted by molar-refractivity contribution is 5.93. The molecular formula is C21H32ClN5O2. The lowest BCUT2D eigenvalue weighted by molar-refractivity contribution is 0.0934. The number of aromatic nitrogens is 3. The van der Waals surface area contributed by atoms with Crippen molar-refractivity contribution in [2.24, 2.45) is 5.92 Å². The summed E-state index contributed by atoms with van der Waals surface area (Å²) in [5.41, 5.74) is 2.25. The second kappa shape index (κ2) is 10.6. The number of ether oxygens (including phenoxy) is 1. The Morgan fingerprint density at radius 3 is 2.52 bits per heavy atom. The smallest absolute Gasteiger partial charge is 0.274 e. The van der Waals surface area contributed by atoms with Crippen molar-refractivity contribution >= 4 is 18.3 Å². The van der Waals surface area contributed by atoms with Crippen molar-refractivity contribution in [3.8, 4) is 5.75 Å². The van der Waals surface area contributed by atoms with Crippen molar-refractivity contribution in [1.29, 1.82) is 0 Å². The van der Waals surface area contributed by atoms with E-state index in [0.717, 1.165) is 42.9 Å². The first-order chi connectivity index (χ1) is 13.5. The molecule has 1 aromatic carbocycles. The number of nitrogens with zero attached hydrogens (tertiary/aromatic N) is 3. The van der Waals surface area contributed by atoms with Crippen molar-refractivity contribution in [2.45, 2.75) is 52.6 Å². The van der Waals surface area contributed by atoms with Gasteiger partial charge in [0, 0.05) is 0 Å². The quantitative estimate of drug-likeness (QED) is 0.715. The Morgan fingerprint density at radius 1 is 1.24 bits per heavy atom. The maximum Gasteiger partial charge on any atom is 0.274 e. The van der Waals surface area contributed by atoms with Crippen LogP contribution in [0.15, 0.2) is 24.3 Å². The molecule has 29 heavy (non-hydrogen) atoms. The highest BCUT2D eigenvalue weighted by Crippen LogP contribution is 2.22. The van der Waals surface area contributed by atoms with E-state index in [9.17, 15) is 4.79 Å². The maximum atomic E-state index is 12.7. The monoisotopic (exact) mass is 421 g/mol. The molecule has 3 rings (SSSR count). The normalized spacial score (nSPS) is 15.6. The van der Waals surface area contributed by atoms with Gasteiger partial charge < -0.3 is 15.4 Å². The Balaban J connectivity index is 0.00000300. The number of benzene rings is 1. The number of carbonyl (C=O) groups is 1. The highest BCUT2D eigenvalue weighted by atomic mass is 35.5. The van der Waals surface area contributed by atoms with Crippen molar-refractivity contribution in [3.63, 3.8) is 0 Å². The van der Waals surface area contributed by atoms with Crippen LogP contribution in [-0.2, 0) is 0 Å². The van der Waals surface area contributed by atoms with Crippen LogP contribution in [0.1, 0.15) is 67.4 Å². The largest absolute Gasteiger partial charge is 0.493 e. The molecule has 1 unspecified atom stereocenters. The number of nitrogens with one attached hydrogen (secondary N) is 2. The van der Waals surface area contributed by atoms with Gasteiger partial charge in [-0.1, -0.05) is 31.2 Å². The zero-order valence-electron chi connectivity index (χ0n) is 17.6. The minimum atomic E-state index is -0.190. The van der Waals surface area contributed by atoms with E-state index in [2.05, 4.69) is 34.8 Å². The molecule has 1 aliphatic rings. The summed E-state index contributed by atoms with van der Waals surface area (Å²) in [4.78, 5) is 12.7. The summed E-state index contributed by atoms with van der Waals surface area (Å²) in [7, 11) is 0. The predicted octanol–water partition coefficient (Wildman–Crippen LogP) is 3.46. The van der Waals surface area contributed by atoms with Gasteiger partial charge in [-0.2, -0.15) is 0 Å². The summed E-state index contributed by atoms with van der Waals surface area (Å²) in [6.45, 7) is 10.8. The van der Waals surface area contributed by atoms with E-state index in [1.165, 1.54) is 0 Å². The molecule has 2 heterocycles. The van der Waals surface area contributed by atoms with Crippen molar-refractivity contribution in [2.75, 3.05) is 19.7 Å². The maximum absolute atomic E-state index is 12.7. The molecule has 7 nitrogen and oxygen atoms in total. The van der Waals surface area contributed by atoms with E-state index in [1.54, 1.807) is 0 Å². The molecule has 2 aromatic rings. The molecule has 1 saturated heterocycles. The minimum absolute atomic E-state index is 0. The van der Waals surface area contributed by atoms with Crippen LogP contribution in [0.3, 0.4) is 0 Å². The van der Waals surface area contributed by atoms with Crippen LogP contribution in [0, 0.1) is 12.8 Å². The molecular weight excluding hydrogens is 390 g/mol. The van der Waals surface area contributed by atoms with E-state index in [4.69, 9.17) is 4.74 Å². The lowest BCUT2D eigenvalue weighted by Crippen LogP contribution is -2.31. The van der Waals surface area contributed by atoms with Gasteiger partial charge >= 0.3 is 0 Å². The topological polar surface area (TPSA) is 81.1 Å². The van der Waals surface area contributed by atoms with E-state index in [-0.39, 0.29) is 24.4 Å². The van der Waals surface area contributed by atoms with Crippen LogP contribution in [0.2, 0.25) is 0 Å². The number of amides is 1. The molecule has 1 aromatic heterocycles. The fourth-order valence-electron chi connectivity index (χ4n) is 3.41. The van der Waals surface area contributed by atoms with Crippen molar-refractivity contribution in [1.82, 2.24) is 25.6 Å². The molecule has 1 fully saturated rings. The highest BCUT2D eigenvalue weighted by Gasteiger charge is 2.23. The third kappa shape index (κ3) is 5.93. The molecule has 2 N–H and O–H groups in total. The third-order valence-corrected chi connectivity index (χ3v) is 5.11. The van der Waals surface area contributed by atoms with E-state index in [1.807, 2.05) is 42.8 Å². The van der Waals surface area contributed by atoms with E-state index in [0.29, 0.717) is 24.3 Å². The fraction of sp³-hybridized carbons (Fsp3) is 0.571. The Labute approximate surface area is 179 Å². The molecule has 0 aliphatic carbocycles. The number of carbonyl (C=O) groups excluding carboxylic acids is 1. The molecule has 160 valence electrons. The first-order valence-electron chi connectivity index (χ1n) is 10.1. The van der Waals surface area contributed by atoms with Crippen LogP contribution < -0.4 is 15.4 Å². The minimum Gasteiger partial charge on any atom is -0.493 e. The van der Waals surface area contributed by atoms with E-state index < -0.39 is 0 Å². The zero-order chi connectivity index (χ0) is 20.1. The van der Waals surface area contributed by atoms with Gasteiger partial charge in [0.05, 0.1) is 24.4 Å². The van der Waals surface area contributed by atoms with Gasteiger partial charge in [-0.3, -0.25) is 4.79 Å². The Hall–Kier alpha value is -2.12. The molecule has 0 spiro atoms. The summed E-state index contributed by atoms with van der Waals surface area (Å²) in [5, 5.41) is 14.8. The summed E-state index contributed by atoms with van der Waals surface area (Å²) < 4.78 is 7.62. The summed E-state index contributed by atoms with van der Waals surface area (Å²) in [5.74, 6) is 1.14. The Bertz CT molecular complexity index is 785. The standard InChI is InChI=1S/C21H31N5O2.ClH/c1-14(2)13-28-19-7-5-17(6-8-19)15(3)23-21(27)20-16(4)26(25-24-20)18-9-11-22-12-10-18;/h5-8,14-15,18,22H,9-13H2,1-4H3,(H,23,27);1H. The van der Waals surface area contributed by atoms with Crippen LogP contribution >= 0.6 is 12.4 Å². The van der Waals surface area contributed by atoms with Crippen LogP contribution in [-0.4, -0.2) is 40.6 Å². The van der Waals surface area contributed by atoms with E-state index >= 15 is 0 Å². The Kier molecular flexibility index (Phi) is 8.46. The average molecular weight is 422 g/mol. The molecule has 1 amide bonds. The average Bonchev–Trinajstić information content (AvgIpc) is 3.09. The number of piperidine rings is 1. The molecule has 8 heteroatoms. The van der Waals surface area contributed by atoms with Crippen LogP contribution in [0.5, 0.6) is 5.75 Å². The van der Waals surface area contributed by atoms with Gasteiger partial charge in [-0.05, 0) is 63.4 Å². The second-order valence-electron chi connectivity index (χ2n) is 7.92. The fourth-order valence-corrected chi connectivity index (χ4v) is 3.41. The number of halogens is 1. The summed E-state index contributed by atoms with van der Waals surface area (Å²) >= 11 is 0. The van der Waals surface area contributed by atoms with Crippen LogP contribution in [0.4, 0.5) is 0 Å². The van der Waals surface area contributed by atoms with Gasteiger partial charge in [0.15, 0.2) is 5.69 Å². The molecule has 0 radical (unpaired) electrons. The molecule has 0 saturated carbocycles. The second-order valence-corrected chi connectivity index (χ2v) is 7.92. The van der Waals surface area contributed by atoms with Crippen molar-refractivity contribution in [3.05, 3.63) is 41.2 Å². The van der Waals surface area contributed by atoms with Gasteiger partial charge in [0.2, 0.25) is 0 Å². The zero-order valence-corrected chi connectivity index (χ0v) is 18.5. The number of hydrogen-bond acceptors (Lipinski definition) is 5. The van der Waals surface area contributed by atoms with Crippen molar-refractivity contribution < 1.29 is 9.53 Å². The predicted molar refractivity (Wildman–Crippen MR) is 116 cm³/mol. The SMILES string of the molecule is Cc1c(C(=O)NC(C)c2ccc(OCC(C)C)cc2)nnn1C1CCNCC1.Cl. The Morgan fingerprint density at radius 2 is 1.90 bits per heavy atom.